The number of benzene rings is 1. The molecular weight excluding hydrogens is 259 g/mol. The van der Waals surface area contributed by atoms with E-state index in [2.05, 4.69) is 10.1 Å². The zero-order valence-corrected chi connectivity index (χ0v) is 11.2. The maximum absolute atomic E-state index is 13.2. The molecule has 0 radical (unpaired) electrons. The van der Waals surface area contributed by atoms with E-state index in [9.17, 15) is 4.39 Å². The molecule has 1 unspecified atom stereocenters. The zero-order valence-electron chi connectivity index (χ0n) is 11.2. The van der Waals surface area contributed by atoms with E-state index in [1.165, 1.54) is 12.1 Å². The first-order valence-corrected chi connectivity index (χ1v) is 7.18. The molecule has 5 heteroatoms. The van der Waals surface area contributed by atoms with Crippen LogP contribution in [-0.4, -0.2) is 42.4 Å². The average Bonchev–Trinajstić information content (AvgIpc) is 3.17. The Morgan fingerprint density at radius 3 is 2.85 bits per heavy atom. The zero-order chi connectivity index (χ0) is 13.5. The van der Waals surface area contributed by atoms with Crippen LogP contribution in [0.2, 0.25) is 0 Å². The maximum atomic E-state index is 13.2. The van der Waals surface area contributed by atoms with E-state index in [0.29, 0.717) is 17.5 Å². The Balaban J connectivity index is 1.49. The van der Waals surface area contributed by atoms with Crippen molar-refractivity contribution in [3.8, 4) is 0 Å². The summed E-state index contributed by atoms with van der Waals surface area (Å²) in [4.78, 5) is 2.45. The van der Waals surface area contributed by atoms with E-state index in [0.717, 1.165) is 50.2 Å². The fraction of sp³-hybridized carbons (Fsp3) is 0.533. The summed E-state index contributed by atoms with van der Waals surface area (Å²) >= 11 is 0. The summed E-state index contributed by atoms with van der Waals surface area (Å²) in [5.74, 6) is 1.04. The van der Waals surface area contributed by atoms with E-state index in [1.807, 2.05) is 0 Å². The van der Waals surface area contributed by atoms with E-state index in [4.69, 9.17) is 9.26 Å². The smallest absolute Gasteiger partial charge is 0.147 e. The fourth-order valence-corrected chi connectivity index (χ4v) is 3.07. The second kappa shape index (κ2) is 4.82. The number of likely N-dealkylation sites (tertiary alicyclic amines) is 1. The van der Waals surface area contributed by atoms with Crippen molar-refractivity contribution in [2.75, 3.05) is 26.2 Å². The first kappa shape index (κ1) is 12.3. The van der Waals surface area contributed by atoms with E-state index >= 15 is 0 Å². The first-order valence-electron chi connectivity index (χ1n) is 7.18. The molecule has 1 aromatic carbocycles. The lowest BCUT2D eigenvalue weighted by Gasteiger charge is -2.30. The molecule has 2 aliphatic heterocycles. The van der Waals surface area contributed by atoms with E-state index in [1.54, 1.807) is 6.07 Å². The maximum Gasteiger partial charge on any atom is 0.147 e. The summed E-state index contributed by atoms with van der Waals surface area (Å²) in [6.45, 7) is 4.09. The van der Waals surface area contributed by atoms with Gasteiger partial charge in [-0.1, -0.05) is 5.16 Å². The van der Waals surface area contributed by atoms with Crippen molar-refractivity contribution in [3.63, 3.8) is 0 Å². The molecule has 20 heavy (non-hydrogen) atoms. The fourth-order valence-electron chi connectivity index (χ4n) is 3.07. The number of halogens is 1. The van der Waals surface area contributed by atoms with Crippen LogP contribution in [0.15, 0.2) is 22.7 Å². The quantitative estimate of drug-likeness (QED) is 0.808. The van der Waals surface area contributed by atoms with Crippen LogP contribution in [0.4, 0.5) is 4.39 Å². The molecule has 0 bridgehead atoms. The van der Waals surface area contributed by atoms with Crippen LogP contribution in [-0.2, 0) is 4.74 Å². The SMILES string of the molecule is Fc1ccc2c(C3CCN(CC4CO4)CC3)onc2c1. The summed E-state index contributed by atoms with van der Waals surface area (Å²) in [6.07, 6.45) is 2.59. The standard InChI is InChI=1S/C15H17FN2O2/c16-11-1-2-13-14(7-11)17-20-15(13)10-3-5-18(6-4-10)8-12-9-19-12/h1-2,7,10,12H,3-6,8-9H2. The largest absolute Gasteiger partial charge is 0.372 e. The molecule has 4 nitrogen and oxygen atoms in total. The molecule has 4 rings (SSSR count). The van der Waals surface area contributed by atoms with Crippen molar-refractivity contribution < 1.29 is 13.7 Å². The summed E-state index contributed by atoms with van der Waals surface area (Å²) in [7, 11) is 0. The molecule has 2 aromatic rings. The highest BCUT2D eigenvalue weighted by Crippen LogP contribution is 2.33. The number of aromatic nitrogens is 1. The van der Waals surface area contributed by atoms with Crippen LogP contribution >= 0.6 is 0 Å². The normalized spacial score (nSPS) is 24.4. The molecular formula is C15H17FN2O2. The summed E-state index contributed by atoms with van der Waals surface area (Å²) in [5, 5.41) is 4.94. The second-order valence-corrected chi connectivity index (χ2v) is 5.74. The van der Waals surface area contributed by atoms with Crippen molar-refractivity contribution >= 4 is 10.9 Å². The van der Waals surface area contributed by atoms with Crippen LogP contribution < -0.4 is 0 Å². The van der Waals surface area contributed by atoms with Crippen molar-refractivity contribution in [1.29, 1.82) is 0 Å². The Labute approximate surface area is 116 Å². The lowest BCUT2D eigenvalue weighted by molar-refractivity contribution is 0.183. The van der Waals surface area contributed by atoms with Crippen LogP contribution in [0.25, 0.3) is 10.9 Å². The number of hydrogen-bond donors (Lipinski definition) is 0. The minimum absolute atomic E-state index is 0.267. The van der Waals surface area contributed by atoms with Gasteiger partial charge in [-0.2, -0.15) is 0 Å². The Morgan fingerprint density at radius 1 is 1.30 bits per heavy atom. The molecule has 0 spiro atoms. The van der Waals surface area contributed by atoms with Gasteiger partial charge in [0.05, 0.1) is 12.7 Å². The summed E-state index contributed by atoms with van der Waals surface area (Å²) < 4.78 is 23.9. The molecule has 0 saturated carbocycles. The van der Waals surface area contributed by atoms with Gasteiger partial charge in [0.25, 0.3) is 0 Å². The van der Waals surface area contributed by atoms with Crippen LogP contribution in [0.3, 0.4) is 0 Å². The summed E-state index contributed by atoms with van der Waals surface area (Å²) in [6, 6.07) is 4.69. The Morgan fingerprint density at radius 2 is 2.10 bits per heavy atom. The highest BCUT2D eigenvalue weighted by atomic mass is 19.1. The van der Waals surface area contributed by atoms with Crippen molar-refractivity contribution in [3.05, 3.63) is 29.8 Å². The molecule has 106 valence electrons. The van der Waals surface area contributed by atoms with E-state index in [-0.39, 0.29) is 5.82 Å². The molecule has 2 saturated heterocycles. The lowest BCUT2D eigenvalue weighted by Crippen LogP contribution is -2.35. The molecule has 0 aliphatic carbocycles. The number of ether oxygens (including phenoxy) is 1. The molecule has 0 amide bonds. The van der Waals surface area contributed by atoms with Gasteiger partial charge in [0.1, 0.15) is 17.1 Å². The van der Waals surface area contributed by atoms with Gasteiger partial charge in [0.2, 0.25) is 0 Å². The number of epoxide rings is 1. The molecule has 1 atom stereocenters. The number of piperidine rings is 1. The van der Waals surface area contributed by atoms with Crippen molar-refractivity contribution in [2.45, 2.75) is 24.9 Å². The minimum Gasteiger partial charge on any atom is -0.372 e. The minimum atomic E-state index is -0.267. The molecule has 1 aromatic heterocycles. The first-order chi connectivity index (χ1) is 9.79. The van der Waals surface area contributed by atoms with Gasteiger partial charge in [0.15, 0.2) is 0 Å². The topological polar surface area (TPSA) is 41.8 Å². The molecule has 3 heterocycles. The monoisotopic (exact) mass is 276 g/mol. The second-order valence-electron chi connectivity index (χ2n) is 5.74. The predicted octanol–water partition coefficient (Wildman–Crippen LogP) is 2.55. The molecule has 2 fully saturated rings. The van der Waals surface area contributed by atoms with Gasteiger partial charge in [0, 0.05) is 23.9 Å². The van der Waals surface area contributed by atoms with Crippen molar-refractivity contribution in [1.82, 2.24) is 10.1 Å². The third kappa shape index (κ3) is 2.31. The number of nitrogens with zero attached hydrogens (tertiary/aromatic N) is 2. The molecule has 0 N–H and O–H groups in total. The third-order valence-corrected chi connectivity index (χ3v) is 4.29. The summed E-state index contributed by atoms with van der Waals surface area (Å²) in [5.41, 5.74) is 0.619. The number of hydrogen-bond acceptors (Lipinski definition) is 4. The van der Waals surface area contributed by atoms with Gasteiger partial charge in [-0.25, -0.2) is 4.39 Å². The van der Waals surface area contributed by atoms with Gasteiger partial charge in [-0.15, -0.1) is 0 Å². The van der Waals surface area contributed by atoms with Crippen molar-refractivity contribution in [2.24, 2.45) is 0 Å². The Bertz CT molecular complexity index is 615. The molecule has 2 aliphatic rings. The van der Waals surface area contributed by atoms with Gasteiger partial charge >= 0.3 is 0 Å². The Kier molecular flexibility index (Phi) is 2.97. The van der Waals surface area contributed by atoms with Gasteiger partial charge < -0.3 is 14.2 Å². The van der Waals surface area contributed by atoms with Gasteiger partial charge in [-0.3, -0.25) is 0 Å². The Hall–Kier alpha value is -1.46. The average molecular weight is 276 g/mol. The van der Waals surface area contributed by atoms with Crippen LogP contribution in [0.5, 0.6) is 0 Å². The predicted molar refractivity (Wildman–Crippen MR) is 72.1 cm³/mol. The third-order valence-electron chi connectivity index (χ3n) is 4.29. The van der Waals surface area contributed by atoms with Crippen LogP contribution in [0.1, 0.15) is 24.5 Å². The highest BCUT2D eigenvalue weighted by Gasteiger charge is 2.30. The van der Waals surface area contributed by atoms with E-state index < -0.39 is 0 Å². The number of fused-ring (bicyclic) bond motifs is 1. The highest BCUT2D eigenvalue weighted by molar-refractivity contribution is 5.80. The lowest BCUT2D eigenvalue weighted by atomic mass is 9.92. The number of rotatable bonds is 3. The van der Waals surface area contributed by atoms with Crippen LogP contribution in [0, 0.1) is 5.82 Å². The van der Waals surface area contributed by atoms with Gasteiger partial charge in [-0.05, 0) is 38.1 Å².